The molecule has 0 aromatic heterocycles. The summed E-state index contributed by atoms with van der Waals surface area (Å²) in [6.07, 6.45) is 2.88. The summed E-state index contributed by atoms with van der Waals surface area (Å²) >= 11 is 6.16. The van der Waals surface area contributed by atoms with Crippen molar-refractivity contribution in [1.82, 2.24) is 4.90 Å². The molecule has 1 aromatic carbocycles. The number of Topliss-reactive ketones (excluding diaryl/α,β-unsaturated/α-hetero) is 1. The van der Waals surface area contributed by atoms with Crippen LogP contribution in [0.5, 0.6) is 0 Å². The second-order valence-corrected chi connectivity index (χ2v) is 5.43. The third-order valence-electron chi connectivity index (χ3n) is 4.07. The van der Waals surface area contributed by atoms with Gasteiger partial charge in [0.05, 0.1) is 6.04 Å². The predicted molar refractivity (Wildman–Crippen MR) is 68.2 cm³/mol. The summed E-state index contributed by atoms with van der Waals surface area (Å²) in [6, 6.07) is 7.92. The van der Waals surface area contributed by atoms with Gasteiger partial charge < -0.3 is 0 Å². The van der Waals surface area contributed by atoms with Crippen molar-refractivity contribution in [3.8, 4) is 0 Å². The minimum absolute atomic E-state index is 0.0717. The van der Waals surface area contributed by atoms with Crippen LogP contribution in [0.2, 0.25) is 5.02 Å². The van der Waals surface area contributed by atoms with Crippen LogP contribution in [0.25, 0.3) is 0 Å². The summed E-state index contributed by atoms with van der Waals surface area (Å²) in [7, 11) is 0. The number of carbonyl (C=O) groups is 1. The molecule has 3 fully saturated rings. The summed E-state index contributed by atoms with van der Waals surface area (Å²) in [4.78, 5) is 14.5. The molecule has 0 amide bonds. The Morgan fingerprint density at radius 1 is 1.24 bits per heavy atom. The van der Waals surface area contributed by atoms with E-state index in [1.54, 1.807) is 0 Å². The minimum Gasteiger partial charge on any atom is -0.298 e. The molecule has 1 atom stereocenters. The van der Waals surface area contributed by atoms with Crippen LogP contribution in [0.3, 0.4) is 0 Å². The standard InChI is InChI=1S/C14H16ClNO/c15-12-4-2-1-3-11(12)9-13-14(17)10-5-7-16(13)8-6-10/h1-4,10,13H,5-9H2. The van der Waals surface area contributed by atoms with Gasteiger partial charge in [-0.25, -0.2) is 0 Å². The molecule has 1 aromatic rings. The number of halogens is 1. The molecule has 3 aliphatic heterocycles. The van der Waals surface area contributed by atoms with Crippen LogP contribution in [0.4, 0.5) is 0 Å². The second kappa shape index (κ2) is 4.43. The Balaban J connectivity index is 1.81. The molecule has 90 valence electrons. The van der Waals surface area contributed by atoms with Gasteiger partial charge >= 0.3 is 0 Å². The molecular weight excluding hydrogens is 234 g/mol. The fourth-order valence-electron chi connectivity index (χ4n) is 3.05. The second-order valence-electron chi connectivity index (χ2n) is 5.02. The smallest absolute Gasteiger partial charge is 0.153 e. The summed E-state index contributed by atoms with van der Waals surface area (Å²) < 4.78 is 0. The van der Waals surface area contributed by atoms with Crippen molar-refractivity contribution in [2.24, 2.45) is 5.92 Å². The molecular formula is C14H16ClNO. The molecule has 2 bridgehead atoms. The lowest BCUT2D eigenvalue weighted by atomic mass is 9.80. The zero-order chi connectivity index (χ0) is 11.8. The average Bonchev–Trinajstić information content (AvgIpc) is 2.36. The molecule has 0 radical (unpaired) electrons. The van der Waals surface area contributed by atoms with Crippen molar-refractivity contribution in [2.75, 3.05) is 13.1 Å². The maximum atomic E-state index is 12.2. The highest BCUT2D eigenvalue weighted by Crippen LogP contribution is 2.31. The van der Waals surface area contributed by atoms with E-state index in [1.807, 2.05) is 24.3 Å². The predicted octanol–water partition coefficient (Wildman–Crippen LogP) is 2.55. The Bertz CT molecular complexity index is 438. The highest BCUT2D eigenvalue weighted by atomic mass is 35.5. The zero-order valence-corrected chi connectivity index (χ0v) is 10.5. The third kappa shape index (κ3) is 2.00. The maximum absolute atomic E-state index is 12.2. The van der Waals surface area contributed by atoms with E-state index in [0.717, 1.165) is 42.9 Å². The fourth-order valence-corrected chi connectivity index (χ4v) is 3.26. The lowest BCUT2D eigenvalue weighted by Gasteiger charge is -2.44. The van der Waals surface area contributed by atoms with Gasteiger partial charge in [0, 0.05) is 10.9 Å². The molecule has 3 aliphatic rings. The monoisotopic (exact) mass is 249 g/mol. The Morgan fingerprint density at radius 2 is 1.94 bits per heavy atom. The van der Waals surface area contributed by atoms with Crippen LogP contribution in [0.1, 0.15) is 18.4 Å². The van der Waals surface area contributed by atoms with Crippen LogP contribution >= 0.6 is 11.6 Å². The van der Waals surface area contributed by atoms with Crippen molar-refractivity contribution >= 4 is 17.4 Å². The van der Waals surface area contributed by atoms with Crippen LogP contribution in [0, 0.1) is 5.92 Å². The van der Waals surface area contributed by atoms with Crippen LogP contribution in [0.15, 0.2) is 24.3 Å². The number of piperidine rings is 3. The highest BCUT2D eigenvalue weighted by molar-refractivity contribution is 6.31. The molecule has 3 heteroatoms. The van der Waals surface area contributed by atoms with Crippen molar-refractivity contribution < 1.29 is 4.79 Å². The van der Waals surface area contributed by atoms with Crippen molar-refractivity contribution in [1.29, 1.82) is 0 Å². The van der Waals surface area contributed by atoms with Crippen LogP contribution < -0.4 is 0 Å². The van der Waals surface area contributed by atoms with Gasteiger partial charge in [-0.15, -0.1) is 0 Å². The van der Waals surface area contributed by atoms with Gasteiger partial charge in [-0.05, 0) is 44.0 Å². The largest absolute Gasteiger partial charge is 0.298 e. The van der Waals surface area contributed by atoms with E-state index in [0.29, 0.717) is 11.7 Å². The molecule has 17 heavy (non-hydrogen) atoms. The first-order valence-corrected chi connectivity index (χ1v) is 6.64. The third-order valence-corrected chi connectivity index (χ3v) is 4.44. The van der Waals surface area contributed by atoms with Gasteiger partial charge in [-0.1, -0.05) is 29.8 Å². The number of hydrogen-bond donors (Lipinski definition) is 0. The van der Waals surface area contributed by atoms with E-state index in [9.17, 15) is 4.79 Å². The number of hydrogen-bond acceptors (Lipinski definition) is 2. The van der Waals surface area contributed by atoms with Gasteiger partial charge in [0.2, 0.25) is 0 Å². The molecule has 1 unspecified atom stereocenters. The van der Waals surface area contributed by atoms with Crippen LogP contribution in [-0.2, 0) is 11.2 Å². The molecule has 3 heterocycles. The fraction of sp³-hybridized carbons (Fsp3) is 0.500. The normalized spacial score (nSPS) is 31.8. The first-order valence-electron chi connectivity index (χ1n) is 6.27. The van der Waals surface area contributed by atoms with E-state index in [-0.39, 0.29) is 6.04 Å². The molecule has 0 N–H and O–H groups in total. The number of ketones is 1. The van der Waals surface area contributed by atoms with E-state index < -0.39 is 0 Å². The topological polar surface area (TPSA) is 20.3 Å². The SMILES string of the molecule is O=C1C2CCN(CC2)C1Cc1ccccc1Cl. The van der Waals surface area contributed by atoms with Gasteiger partial charge in [-0.3, -0.25) is 9.69 Å². The molecule has 4 rings (SSSR count). The van der Waals surface area contributed by atoms with E-state index >= 15 is 0 Å². The van der Waals surface area contributed by atoms with Gasteiger partial charge in [0.25, 0.3) is 0 Å². The molecule has 0 aliphatic carbocycles. The van der Waals surface area contributed by atoms with Gasteiger partial charge in [-0.2, -0.15) is 0 Å². The quantitative estimate of drug-likeness (QED) is 0.803. The summed E-state index contributed by atoms with van der Waals surface area (Å²) in [5.74, 6) is 0.745. The number of rotatable bonds is 2. The van der Waals surface area contributed by atoms with E-state index in [1.165, 1.54) is 0 Å². The summed E-state index contributed by atoms with van der Waals surface area (Å²) in [5, 5.41) is 0.781. The molecule has 3 saturated heterocycles. The number of fused-ring (bicyclic) bond motifs is 3. The zero-order valence-electron chi connectivity index (χ0n) is 9.73. The Hall–Kier alpha value is -0.860. The Morgan fingerprint density at radius 3 is 2.59 bits per heavy atom. The lowest BCUT2D eigenvalue weighted by Crippen LogP contribution is -2.56. The molecule has 0 saturated carbocycles. The Labute approximate surface area is 107 Å². The van der Waals surface area contributed by atoms with Gasteiger partial charge in [0.1, 0.15) is 0 Å². The number of carbonyl (C=O) groups excluding carboxylic acids is 1. The van der Waals surface area contributed by atoms with Crippen LogP contribution in [-0.4, -0.2) is 29.8 Å². The van der Waals surface area contributed by atoms with Crippen molar-refractivity contribution in [3.63, 3.8) is 0 Å². The molecule has 0 spiro atoms. The highest BCUT2D eigenvalue weighted by Gasteiger charge is 2.40. The van der Waals surface area contributed by atoms with E-state index in [2.05, 4.69) is 4.90 Å². The lowest BCUT2D eigenvalue weighted by molar-refractivity contribution is -0.136. The average molecular weight is 250 g/mol. The molecule has 2 nitrogen and oxygen atoms in total. The summed E-state index contributed by atoms with van der Waals surface area (Å²) in [5.41, 5.74) is 1.10. The summed E-state index contributed by atoms with van der Waals surface area (Å²) in [6.45, 7) is 2.15. The van der Waals surface area contributed by atoms with Gasteiger partial charge in [0.15, 0.2) is 5.78 Å². The Kier molecular flexibility index (Phi) is 2.93. The van der Waals surface area contributed by atoms with E-state index in [4.69, 9.17) is 11.6 Å². The first kappa shape index (κ1) is 11.2. The number of nitrogens with zero attached hydrogens (tertiary/aromatic N) is 1. The first-order chi connectivity index (χ1) is 8.25. The van der Waals surface area contributed by atoms with Crippen molar-refractivity contribution in [2.45, 2.75) is 25.3 Å². The maximum Gasteiger partial charge on any atom is 0.153 e. The van der Waals surface area contributed by atoms with Crippen molar-refractivity contribution in [3.05, 3.63) is 34.9 Å². The minimum atomic E-state index is 0.0717. The number of benzene rings is 1.